The second kappa shape index (κ2) is 9.30. The topological polar surface area (TPSA) is 144 Å². The molecule has 4 rings (SSSR count). The summed E-state index contributed by atoms with van der Waals surface area (Å²) in [6.45, 7) is 7.04. The SMILES string of the molecule is CO[C@H]1O[C@]2([C@H](OC(C)=O)[C@@H](OC(C)=O)[C@H]1OC(C)=O)[C@@H]([C@H]1COC(C)(C)O1)O[C@@H]1OCO[C@@H]12. The van der Waals surface area contributed by atoms with Crippen molar-refractivity contribution < 1.29 is 61.8 Å². The standard InChI is InChI=1S/C21H30O13/c1-9(22)29-13-14(30-10(2)23)18(25-6)34-21(16(13)31-11(3)24)15(12-7-28-20(4,5)33-12)32-19-17(21)26-8-27-19/h12-19H,7-8H2,1-6H3/t12-,13+,14-,15-,16-,17+,18+,19+,21+/m1/s1. The van der Waals surface area contributed by atoms with Gasteiger partial charge < -0.3 is 47.4 Å². The average molecular weight is 490 g/mol. The van der Waals surface area contributed by atoms with Crippen LogP contribution in [0.3, 0.4) is 0 Å². The van der Waals surface area contributed by atoms with E-state index in [9.17, 15) is 14.4 Å². The summed E-state index contributed by atoms with van der Waals surface area (Å²) >= 11 is 0. The molecule has 13 heteroatoms. The summed E-state index contributed by atoms with van der Waals surface area (Å²) in [5.41, 5.74) is -1.64. The lowest BCUT2D eigenvalue weighted by atomic mass is 9.77. The van der Waals surface area contributed by atoms with Crippen molar-refractivity contribution in [2.24, 2.45) is 0 Å². The molecular formula is C21H30O13. The summed E-state index contributed by atoms with van der Waals surface area (Å²) in [5.74, 6) is -3.01. The highest BCUT2D eigenvalue weighted by Gasteiger charge is 2.75. The molecule has 0 N–H and O–H groups in total. The molecule has 13 nitrogen and oxygen atoms in total. The second-order valence-corrected chi connectivity index (χ2v) is 8.92. The van der Waals surface area contributed by atoms with Gasteiger partial charge in [-0.3, -0.25) is 14.4 Å². The third-order valence-corrected chi connectivity index (χ3v) is 6.05. The molecule has 1 spiro atoms. The van der Waals surface area contributed by atoms with Gasteiger partial charge in [0.15, 0.2) is 49.1 Å². The molecule has 0 aromatic heterocycles. The van der Waals surface area contributed by atoms with Crippen LogP contribution in [0.5, 0.6) is 0 Å². The van der Waals surface area contributed by atoms with Gasteiger partial charge in [-0.15, -0.1) is 0 Å². The maximum Gasteiger partial charge on any atom is 0.303 e. The fraction of sp³-hybridized carbons (Fsp3) is 0.857. The van der Waals surface area contributed by atoms with Crippen LogP contribution in [0.4, 0.5) is 0 Å². The van der Waals surface area contributed by atoms with Crippen molar-refractivity contribution in [3.05, 3.63) is 0 Å². The van der Waals surface area contributed by atoms with Crippen LogP contribution in [-0.4, -0.2) is 99.0 Å². The quantitative estimate of drug-likeness (QED) is 0.370. The monoisotopic (exact) mass is 490 g/mol. The van der Waals surface area contributed by atoms with E-state index >= 15 is 0 Å². The van der Waals surface area contributed by atoms with Crippen molar-refractivity contribution >= 4 is 17.9 Å². The zero-order valence-corrected chi connectivity index (χ0v) is 19.8. The lowest BCUT2D eigenvalue weighted by Crippen LogP contribution is -2.74. The molecule has 4 saturated heterocycles. The average Bonchev–Trinajstić information content (AvgIpc) is 3.40. The first-order valence-electron chi connectivity index (χ1n) is 10.9. The van der Waals surface area contributed by atoms with E-state index in [1.807, 2.05) is 0 Å². The van der Waals surface area contributed by atoms with Crippen LogP contribution in [0.25, 0.3) is 0 Å². The van der Waals surface area contributed by atoms with Crippen molar-refractivity contribution in [2.45, 2.75) is 95.2 Å². The fourth-order valence-corrected chi connectivity index (χ4v) is 4.99. The number of rotatable bonds is 5. The molecule has 0 aromatic rings. The molecule has 0 amide bonds. The molecule has 4 heterocycles. The van der Waals surface area contributed by atoms with Crippen LogP contribution < -0.4 is 0 Å². The van der Waals surface area contributed by atoms with E-state index in [2.05, 4.69) is 0 Å². The number of hydrogen-bond donors (Lipinski definition) is 0. The number of methoxy groups -OCH3 is 1. The van der Waals surface area contributed by atoms with Crippen LogP contribution in [-0.2, 0) is 61.8 Å². The van der Waals surface area contributed by atoms with E-state index in [1.54, 1.807) is 13.8 Å². The zero-order chi connectivity index (χ0) is 24.8. The van der Waals surface area contributed by atoms with E-state index in [0.29, 0.717) is 0 Å². The molecule has 4 aliphatic rings. The largest absolute Gasteiger partial charge is 0.455 e. The van der Waals surface area contributed by atoms with Gasteiger partial charge in [0.25, 0.3) is 0 Å². The molecule has 192 valence electrons. The predicted octanol–water partition coefficient (Wildman–Crippen LogP) is -0.228. The molecule has 0 saturated carbocycles. The smallest absolute Gasteiger partial charge is 0.303 e. The molecule has 0 bridgehead atoms. The Kier molecular flexibility index (Phi) is 6.90. The van der Waals surface area contributed by atoms with Crippen LogP contribution in [0.2, 0.25) is 0 Å². The Morgan fingerprint density at radius 2 is 1.50 bits per heavy atom. The highest BCUT2D eigenvalue weighted by atomic mass is 16.8. The Hall–Kier alpha value is -1.87. The van der Waals surface area contributed by atoms with Crippen molar-refractivity contribution in [1.29, 1.82) is 0 Å². The molecule has 4 aliphatic heterocycles. The summed E-state index contributed by atoms with van der Waals surface area (Å²) in [4.78, 5) is 36.3. The Labute approximate surface area is 196 Å². The number of fused-ring (bicyclic) bond motifs is 2. The molecule has 0 aliphatic carbocycles. The van der Waals surface area contributed by atoms with Crippen molar-refractivity contribution in [3.8, 4) is 0 Å². The lowest BCUT2D eigenvalue weighted by molar-refractivity contribution is -0.358. The molecular weight excluding hydrogens is 460 g/mol. The highest BCUT2D eigenvalue weighted by Crippen LogP contribution is 2.51. The molecule has 0 aromatic carbocycles. The van der Waals surface area contributed by atoms with Gasteiger partial charge in [0.05, 0.1) is 6.61 Å². The van der Waals surface area contributed by atoms with E-state index in [4.69, 9.17) is 47.4 Å². The summed E-state index contributed by atoms with van der Waals surface area (Å²) < 4.78 is 57.9. The van der Waals surface area contributed by atoms with Crippen molar-refractivity contribution in [2.75, 3.05) is 20.5 Å². The molecule has 0 unspecified atom stereocenters. The molecule has 0 radical (unpaired) electrons. The van der Waals surface area contributed by atoms with E-state index in [0.717, 1.165) is 0 Å². The number of esters is 3. The maximum atomic E-state index is 12.3. The Morgan fingerprint density at radius 1 is 0.853 bits per heavy atom. The maximum absolute atomic E-state index is 12.3. The van der Waals surface area contributed by atoms with Crippen molar-refractivity contribution in [3.63, 3.8) is 0 Å². The summed E-state index contributed by atoms with van der Waals surface area (Å²) in [6.07, 6.45) is -8.69. The van der Waals surface area contributed by atoms with E-state index < -0.39 is 78.5 Å². The van der Waals surface area contributed by atoms with Crippen molar-refractivity contribution in [1.82, 2.24) is 0 Å². The van der Waals surface area contributed by atoms with Crippen LogP contribution in [0.1, 0.15) is 34.6 Å². The molecule has 4 fully saturated rings. The Morgan fingerprint density at radius 3 is 2.06 bits per heavy atom. The van der Waals surface area contributed by atoms with Crippen LogP contribution in [0.15, 0.2) is 0 Å². The first-order chi connectivity index (χ1) is 16.0. The molecule has 34 heavy (non-hydrogen) atoms. The number of carbonyl (C=O) groups is 3. The van der Waals surface area contributed by atoms with Gasteiger partial charge in [0.1, 0.15) is 18.3 Å². The second-order valence-electron chi connectivity index (χ2n) is 8.92. The van der Waals surface area contributed by atoms with Gasteiger partial charge in [-0.05, 0) is 13.8 Å². The summed E-state index contributed by atoms with van der Waals surface area (Å²) in [6, 6.07) is 0. The number of hydrogen-bond acceptors (Lipinski definition) is 13. The van der Waals surface area contributed by atoms with Gasteiger partial charge in [-0.25, -0.2) is 0 Å². The summed E-state index contributed by atoms with van der Waals surface area (Å²) in [5, 5.41) is 0. The van der Waals surface area contributed by atoms with Gasteiger partial charge in [-0.2, -0.15) is 0 Å². The molecule has 9 atom stereocenters. The van der Waals surface area contributed by atoms with Crippen LogP contribution in [0, 0.1) is 0 Å². The summed E-state index contributed by atoms with van der Waals surface area (Å²) in [7, 11) is 1.33. The zero-order valence-electron chi connectivity index (χ0n) is 19.8. The minimum absolute atomic E-state index is 0.114. The van der Waals surface area contributed by atoms with Gasteiger partial charge in [-0.1, -0.05) is 0 Å². The lowest BCUT2D eigenvalue weighted by Gasteiger charge is -2.52. The third kappa shape index (κ3) is 4.41. The normalized spacial score (nSPS) is 42.9. The Balaban J connectivity index is 1.84. The number of ether oxygens (including phenoxy) is 10. The van der Waals surface area contributed by atoms with Gasteiger partial charge >= 0.3 is 17.9 Å². The van der Waals surface area contributed by atoms with Gasteiger partial charge in [0.2, 0.25) is 0 Å². The fourth-order valence-electron chi connectivity index (χ4n) is 4.99. The van der Waals surface area contributed by atoms with E-state index in [-0.39, 0.29) is 13.4 Å². The first-order valence-corrected chi connectivity index (χ1v) is 10.9. The van der Waals surface area contributed by atoms with Gasteiger partial charge in [0, 0.05) is 27.9 Å². The third-order valence-electron chi connectivity index (χ3n) is 6.05. The first kappa shape index (κ1) is 25.2. The predicted molar refractivity (Wildman–Crippen MR) is 106 cm³/mol. The highest BCUT2D eigenvalue weighted by molar-refractivity contribution is 5.68. The Bertz CT molecular complexity index is 814. The minimum atomic E-state index is -1.64. The number of carbonyl (C=O) groups excluding carboxylic acids is 3. The van der Waals surface area contributed by atoms with E-state index in [1.165, 1.54) is 27.9 Å². The minimum Gasteiger partial charge on any atom is -0.455 e. The van der Waals surface area contributed by atoms with Crippen LogP contribution >= 0.6 is 0 Å².